The van der Waals surface area contributed by atoms with E-state index in [1.807, 2.05) is 0 Å². The summed E-state index contributed by atoms with van der Waals surface area (Å²) in [6.07, 6.45) is 0.859. The zero-order chi connectivity index (χ0) is 14.5. The van der Waals surface area contributed by atoms with Crippen LogP contribution in [0.25, 0.3) is 0 Å². The zero-order valence-corrected chi connectivity index (χ0v) is 11.2. The minimum atomic E-state index is -3.27. The van der Waals surface area contributed by atoms with Crippen LogP contribution in [0.1, 0.15) is 16.8 Å². The molecule has 0 unspecified atom stereocenters. The van der Waals surface area contributed by atoms with E-state index in [4.69, 9.17) is 5.11 Å². The van der Waals surface area contributed by atoms with E-state index in [2.05, 4.69) is 5.32 Å². The number of carbonyl (C=O) groups is 2. The van der Waals surface area contributed by atoms with Crippen molar-refractivity contribution in [2.45, 2.75) is 12.5 Å². The van der Waals surface area contributed by atoms with Crippen molar-refractivity contribution in [2.24, 2.45) is 0 Å². The SMILES string of the molecule is CS(=O)(=O)CC[C@@H](NC(=O)c1ccccc1)C(=O)O. The van der Waals surface area contributed by atoms with Crippen LogP contribution >= 0.6 is 0 Å². The third kappa shape index (κ3) is 5.52. The lowest BCUT2D eigenvalue weighted by Gasteiger charge is -2.13. The Kier molecular flexibility index (Phi) is 5.05. The van der Waals surface area contributed by atoms with E-state index in [1.54, 1.807) is 30.3 Å². The van der Waals surface area contributed by atoms with Crippen LogP contribution in [-0.2, 0) is 14.6 Å². The molecular formula is C12H15NO5S. The first-order valence-corrected chi connectivity index (χ1v) is 7.62. The van der Waals surface area contributed by atoms with Gasteiger partial charge in [0.25, 0.3) is 5.91 Å². The van der Waals surface area contributed by atoms with Gasteiger partial charge >= 0.3 is 5.97 Å². The number of hydrogen-bond donors (Lipinski definition) is 2. The van der Waals surface area contributed by atoms with Crippen LogP contribution in [0.15, 0.2) is 30.3 Å². The minimum absolute atomic E-state index is 0.160. The van der Waals surface area contributed by atoms with Gasteiger partial charge in [0.15, 0.2) is 0 Å². The molecule has 19 heavy (non-hydrogen) atoms. The van der Waals surface area contributed by atoms with Gasteiger partial charge < -0.3 is 10.4 Å². The minimum Gasteiger partial charge on any atom is -0.480 e. The highest BCUT2D eigenvalue weighted by molar-refractivity contribution is 7.90. The van der Waals surface area contributed by atoms with Crippen molar-refractivity contribution in [2.75, 3.05) is 12.0 Å². The molecule has 1 rings (SSSR count). The predicted molar refractivity (Wildman–Crippen MR) is 69.7 cm³/mol. The molecule has 0 saturated carbocycles. The highest BCUT2D eigenvalue weighted by atomic mass is 32.2. The molecule has 0 radical (unpaired) electrons. The molecule has 1 atom stereocenters. The van der Waals surface area contributed by atoms with Gasteiger partial charge in [-0.3, -0.25) is 4.79 Å². The Morgan fingerprint density at radius 2 is 1.84 bits per heavy atom. The Balaban J connectivity index is 2.69. The lowest BCUT2D eigenvalue weighted by Crippen LogP contribution is -2.41. The van der Waals surface area contributed by atoms with Crippen molar-refractivity contribution in [1.29, 1.82) is 0 Å². The van der Waals surface area contributed by atoms with Crippen LogP contribution in [0.3, 0.4) is 0 Å². The second kappa shape index (κ2) is 6.33. The van der Waals surface area contributed by atoms with E-state index in [0.29, 0.717) is 5.56 Å². The number of nitrogens with one attached hydrogen (secondary N) is 1. The number of benzene rings is 1. The molecule has 0 saturated heterocycles. The summed E-state index contributed by atoms with van der Waals surface area (Å²) in [5.41, 5.74) is 0.327. The van der Waals surface area contributed by atoms with Gasteiger partial charge in [0.2, 0.25) is 0 Å². The van der Waals surface area contributed by atoms with Gasteiger partial charge in [-0.15, -0.1) is 0 Å². The number of carboxylic acid groups (broad SMARTS) is 1. The molecule has 0 bridgehead atoms. The Bertz CT molecular complexity index is 553. The molecule has 0 aliphatic heterocycles. The Morgan fingerprint density at radius 3 is 2.32 bits per heavy atom. The average molecular weight is 285 g/mol. The molecule has 0 spiro atoms. The number of carbonyl (C=O) groups excluding carboxylic acids is 1. The van der Waals surface area contributed by atoms with Gasteiger partial charge in [-0.05, 0) is 18.6 Å². The van der Waals surface area contributed by atoms with E-state index in [1.165, 1.54) is 0 Å². The summed E-state index contributed by atoms with van der Waals surface area (Å²) in [6, 6.07) is 6.91. The molecule has 0 aliphatic rings. The Morgan fingerprint density at radius 1 is 1.26 bits per heavy atom. The fourth-order valence-corrected chi connectivity index (χ4v) is 2.08. The van der Waals surface area contributed by atoms with Crippen molar-refractivity contribution in [3.8, 4) is 0 Å². The van der Waals surface area contributed by atoms with Crippen molar-refractivity contribution < 1.29 is 23.1 Å². The summed E-state index contributed by atoms with van der Waals surface area (Å²) < 4.78 is 22.0. The summed E-state index contributed by atoms with van der Waals surface area (Å²) >= 11 is 0. The molecule has 7 heteroatoms. The first-order chi connectivity index (χ1) is 8.79. The number of aliphatic carboxylic acids is 1. The Hall–Kier alpha value is -1.89. The van der Waals surface area contributed by atoms with Gasteiger partial charge in [-0.2, -0.15) is 0 Å². The molecule has 0 heterocycles. The highest BCUT2D eigenvalue weighted by Gasteiger charge is 2.22. The topological polar surface area (TPSA) is 101 Å². The third-order valence-corrected chi connectivity index (χ3v) is 3.39. The van der Waals surface area contributed by atoms with E-state index < -0.39 is 27.8 Å². The molecule has 1 amide bonds. The summed E-state index contributed by atoms with van der Waals surface area (Å²) in [6.45, 7) is 0. The average Bonchev–Trinajstić information content (AvgIpc) is 2.33. The molecule has 2 N–H and O–H groups in total. The molecule has 0 fully saturated rings. The first kappa shape index (κ1) is 15.2. The maximum atomic E-state index is 11.8. The summed E-state index contributed by atoms with van der Waals surface area (Å²) in [5.74, 6) is -2.09. The number of amides is 1. The lowest BCUT2D eigenvalue weighted by atomic mass is 10.1. The number of sulfone groups is 1. The maximum Gasteiger partial charge on any atom is 0.326 e. The lowest BCUT2D eigenvalue weighted by molar-refractivity contribution is -0.139. The third-order valence-electron chi connectivity index (χ3n) is 2.42. The molecule has 1 aromatic rings. The number of hydrogen-bond acceptors (Lipinski definition) is 4. The van der Waals surface area contributed by atoms with E-state index in [9.17, 15) is 18.0 Å². The zero-order valence-electron chi connectivity index (χ0n) is 10.4. The summed E-state index contributed by atoms with van der Waals surface area (Å²) in [4.78, 5) is 22.7. The normalized spacial score (nSPS) is 12.7. The number of rotatable bonds is 6. The second-order valence-electron chi connectivity index (χ2n) is 4.15. The van der Waals surface area contributed by atoms with Gasteiger partial charge in [0.05, 0.1) is 5.75 Å². The van der Waals surface area contributed by atoms with Crippen molar-refractivity contribution >= 4 is 21.7 Å². The fourth-order valence-electron chi connectivity index (χ4n) is 1.42. The Labute approximate surface area is 111 Å². The predicted octanol–water partition coefficient (Wildman–Crippen LogP) is 0.304. The smallest absolute Gasteiger partial charge is 0.326 e. The molecule has 104 valence electrons. The van der Waals surface area contributed by atoms with Gasteiger partial charge in [-0.1, -0.05) is 18.2 Å². The van der Waals surface area contributed by atoms with Crippen molar-refractivity contribution in [3.05, 3.63) is 35.9 Å². The number of carboxylic acids is 1. The molecule has 6 nitrogen and oxygen atoms in total. The van der Waals surface area contributed by atoms with Gasteiger partial charge in [-0.25, -0.2) is 13.2 Å². The summed E-state index contributed by atoms with van der Waals surface area (Å²) in [5, 5.41) is 11.3. The largest absolute Gasteiger partial charge is 0.480 e. The molecule has 0 aromatic heterocycles. The van der Waals surface area contributed by atoms with Crippen LogP contribution in [0.5, 0.6) is 0 Å². The van der Waals surface area contributed by atoms with Crippen molar-refractivity contribution in [1.82, 2.24) is 5.32 Å². The van der Waals surface area contributed by atoms with Crippen molar-refractivity contribution in [3.63, 3.8) is 0 Å². The first-order valence-electron chi connectivity index (χ1n) is 5.56. The van der Waals surface area contributed by atoms with Gasteiger partial charge in [0.1, 0.15) is 15.9 Å². The van der Waals surface area contributed by atoms with Crippen LogP contribution in [0.4, 0.5) is 0 Å². The highest BCUT2D eigenvalue weighted by Crippen LogP contribution is 2.02. The van der Waals surface area contributed by atoms with E-state index >= 15 is 0 Å². The van der Waals surface area contributed by atoms with Crippen LogP contribution in [0.2, 0.25) is 0 Å². The summed E-state index contributed by atoms with van der Waals surface area (Å²) in [7, 11) is -3.27. The monoisotopic (exact) mass is 285 g/mol. The second-order valence-corrected chi connectivity index (χ2v) is 6.41. The van der Waals surface area contributed by atoms with E-state index in [-0.39, 0.29) is 12.2 Å². The van der Waals surface area contributed by atoms with Crippen LogP contribution in [0, 0.1) is 0 Å². The standard InChI is InChI=1S/C12H15NO5S/c1-19(17,18)8-7-10(12(15)16)13-11(14)9-5-3-2-4-6-9/h2-6,10H,7-8H2,1H3,(H,13,14)(H,15,16)/t10-/m1/s1. The van der Waals surface area contributed by atoms with E-state index in [0.717, 1.165) is 6.26 Å². The molecule has 0 aliphatic carbocycles. The fraction of sp³-hybridized carbons (Fsp3) is 0.333. The molecular weight excluding hydrogens is 270 g/mol. The van der Waals surface area contributed by atoms with Crippen LogP contribution < -0.4 is 5.32 Å². The van der Waals surface area contributed by atoms with Gasteiger partial charge in [0, 0.05) is 11.8 Å². The van der Waals surface area contributed by atoms with Crippen LogP contribution in [-0.4, -0.2) is 43.5 Å². The maximum absolute atomic E-state index is 11.8. The quantitative estimate of drug-likeness (QED) is 0.783. The molecule has 1 aromatic carbocycles.